The van der Waals surface area contributed by atoms with Crippen molar-refractivity contribution in [3.8, 4) is 0 Å². The van der Waals surface area contributed by atoms with E-state index in [0.29, 0.717) is 11.5 Å². The quantitative estimate of drug-likeness (QED) is 0.736. The third-order valence-corrected chi connectivity index (χ3v) is 3.01. The van der Waals surface area contributed by atoms with Gasteiger partial charge in [-0.2, -0.15) is 4.98 Å². The van der Waals surface area contributed by atoms with Crippen molar-refractivity contribution >= 4 is 0 Å². The van der Waals surface area contributed by atoms with E-state index in [2.05, 4.69) is 10.3 Å². The number of nitrogens with two attached hydrogens (primary N) is 1. The van der Waals surface area contributed by atoms with E-state index in [1.54, 1.807) is 6.33 Å². The van der Waals surface area contributed by atoms with Gasteiger partial charge in [0, 0.05) is 24.8 Å². The van der Waals surface area contributed by atoms with E-state index >= 15 is 0 Å². The summed E-state index contributed by atoms with van der Waals surface area (Å²) in [7, 11) is 0. The second-order valence-electron chi connectivity index (χ2n) is 4.32. The molecule has 88 valence electrons. The Hall–Kier alpha value is -1.20. The molecule has 1 saturated heterocycles. The number of nitrogens with zero attached hydrogens (tertiary/aromatic N) is 2. The van der Waals surface area contributed by atoms with Crippen molar-refractivity contribution < 1.29 is 0 Å². The molecule has 1 aliphatic heterocycles. The summed E-state index contributed by atoms with van der Waals surface area (Å²) in [5.74, 6) is 0.628. The topological polar surface area (TPSA) is 72.9 Å². The van der Waals surface area contributed by atoms with Gasteiger partial charge < -0.3 is 15.6 Å². The van der Waals surface area contributed by atoms with Crippen molar-refractivity contribution in [1.29, 1.82) is 0 Å². The molecule has 5 nitrogen and oxygen atoms in total. The smallest absolute Gasteiger partial charge is 0.277 e. The number of aromatic nitrogens is 2. The van der Waals surface area contributed by atoms with Crippen LogP contribution < -0.4 is 16.6 Å². The molecule has 3 N–H and O–H groups in total. The molecule has 0 bridgehead atoms. The van der Waals surface area contributed by atoms with Crippen molar-refractivity contribution in [2.24, 2.45) is 11.7 Å². The van der Waals surface area contributed by atoms with Crippen LogP contribution in [0.25, 0.3) is 0 Å². The molecule has 0 amide bonds. The minimum atomic E-state index is -0.208. The lowest BCUT2D eigenvalue weighted by atomic mass is 10.00. The zero-order valence-corrected chi connectivity index (χ0v) is 9.35. The Morgan fingerprint density at radius 1 is 1.62 bits per heavy atom. The standard InChI is InChI=1S/C11H18N4O/c12-4-10-7-15(8-14-11(10)16)6-9-2-1-3-13-5-9/h7-9,13H,1-6,12H2. The second-order valence-corrected chi connectivity index (χ2v) is 4.32. The molecule has 0 saturated carbocycles. The molecule has 1 unspecified atom stereocenters. The first-order valence-corrected chi connectivity index (χ1v) is 5.75. The Bertz CT molecular complexity index is 395. The van der Waals surface area contributed by atoms with Crippen LogP contribution in [0.1, 0.15) is 18.4 Å². The fourth-order valence-corrected chi connectivity index (χ4v) is 2.12. The SMILES string of the molecule is NCc1cn(CC2CCCNC2)cnc1=O. The van der Waals surface area contributed by atoms with Crippen LogP contribution in [0.15, 0.2) is 17.3 Å². The van der Waals surface area contributed by atoms with E-state index in [1.165, 1.54) is 12.8 Å². The van der Waals surface area contributed by atoms with E-state index in [0.717, 1.165) is 19.6 Å². The number of rotatable bonds is 3. The molecule has 2 rings (SSSR count). The maximum atomic E-state index is 11.3. The molecule has 1 aliphatic rings. The molecule has 16 heavy (non-hydrogen) atoms. The summed E-state index contributed by atoms with van der Waals surface area (Å²) in [6.45, 7) is 3.33. The molecule has 1 aromatic heterocycles. The van der Waals surface area contributed by atoms with Crippen LogP contribution >= 0.6 is 0 Å². The number of hydrogen-bond donors (Lipinski definition) is 2. The Balaban J connectivity index is 2.06. The highest BCUT2D eigenvalue weighted by molar-refractivity contribution is 5.03. The maximum Gasteiger partial charge on any atom is 0.277 e. The fraction of sp³-hybridized carbons (Fsp3) is 0.636. The van der Waals surface area contributed by atoms with Gasteiger partial charge in [0.2, 0.25) is 0 Å². The average molecular weight is 222 g/mol. The Labute approximate surface area is 94.7 Å². The van der Waals surface area contributed by atoms with Crippen LogP contribution in [-0.4, -0.2) is 22.6 Å². The highest BCUT2D eigenvalue weighted by atomic mass is 16.1. The van der Waals surface area contributed by atoms with Crippen LogP contribution in [0.4, 0.5) is 0 Å². The van der Waals surface area contributed by atoms with Gasteiger partial charge >= 0.3 is 0 Å². The van der Waals surface area contributed by atoms with Crippen LogP contribution in [0.3, 0.4) is 0 Å². The van der Waals surface area contributed by atoms with E-state index < -0.39 is 0 Å². The van der Waals surface area contributed by atoms with Crippen molar-refractivity contribution in [3.05, 3.63) is 28.4 Å². The summed E-state index contributed by atoms with van der Waals surface area (Å²) in [5, 5.41) is 3.37. The summed E-state index contributed by atoms with van der Waals surface area (Å²) in [6.07, 6.45) is 5.89. The summed E-state index contributed by atoms with van der Waals surface area (Å²) in [5.41, 5.74) is 5.87. The predicted octanol–water partition coefficient (Wildman–Crippen LogP) is -0.298. The third-order valence-electron chi connectivity index (χ3n) is 3.01. The predicted molar refractivity (Wildman–Crippen MR) is 62.0 cm³/mol. The van der Waals surface area contributed by atoms with E-state index in [1.807, 2.05) is 10.8 Å². The van der Waals surface area contributed by atoms with Gasteiger partial charge in [0.25, 0.3) is 5.56 Å². The van der Waals surface area contributed by atoms with Gasteiger partial charge in [-0.3, -0.25) is 4.79 Å². The van der Waals surface area contributed by atoms with E-state index in [-0.39, 0.29) is 12.1 Å². The molecular weight excluding hydrogens is 204 g/mol. The first-order valence-electron chi connectivity index (χ1n) is 5.75. The van der Waals surface area contributed by atoms with Gasteiger partial charge in [0.1, 0.15) is 0 Å². The number of hydrogen-bond acceptors (Lipinski definition) is 4. The fourth-order valence-electron chi connectivity index (χ4n) is 2.12. The molecule has 0 spiro atoms. The monoisotopic (exact) mass is 222 g/mol. The van der Waals surface area contributed by atoms with Gasteiger partial charge in [0.15, 0.2) is 0 Å². The van der Waals surface area contributed by atoms with E-state index in [4.69, 9.17) is 5.73 Å². The lowest BCUT2D eigenvalue weighted by Gasteiger charge is -2.23. The lowest BCUT2D eigenvalue weighted by Crippen LogP contribution is -2.32. The Morgan fingerprint density at radius 2 is 2.50 bits per heavy atom. The highest BCUT2D eigenvalue weighted by Crippen LogP contribution is 2.11. The largest absolute Gasteiger partial charge is 0.338 e. The van der Waals surface area contributed by atoms with Gasteiger partial charge in [-0.05, 0) is 31.8 Å². The first kappa shape index (κ1) is 11.3. The minimum Gasteiger partial charge on any atom is -0.338 e. The molecule has 0 aliphatic carbocycles. The van der Waals surface area contributed by atoms with E-state index in [9.17, 15) is 4.79 Å². The maximum absolute atomic E-state index is 11.3. The zero-order chi connectivity index (χ0) is 11.4. The summed E-state index contributed by atoms with van der Waals surface area (Å²) in [4.78, 5) is 15.1. The zero-order valence-electron chi connectivity index (χ0n) is 9.35. The van der Waals surface area contributed by atoms with Crippen molar-refractivity contribution in [1.82, 2.24) is 14.9 Å². The molecule has 0 aromatic carbocycles. The van der Waals surface area contributed by atoms with Gasteiger partial charge in [-0.15, -0.1) is 0 Å². The Morgan fingerprint density at radius 3 is 3.19 bits per heavy atom. The van der Waals surface area contributed by atoms with Crippen LogP contribution in [0, 0.1) is 5.92 Å². The lowest BCUT2D eigenvalue weighted by molar-refractivity contribution is 0.335. The van der Waals surface area contributed by atoms with Crippen molar-refractivity contribution in [3.63, 3.8) is 0 Å². The molecule has 1 aromatic rings. The van der Waals surface area contributed by atoms with Gasteiger partial charge in [0.05, 0.1) is 6.33 Å². The molecule has 1 fully saturated rings. The van der Waals surface area contributed by atoms with Crippen LogP contribution in [0.2, 0.25) is 0 Å². The minimum absolute atomic E-state index is 0.208. The molecule has 2 heterocycles. The summed E-state index contributed by atoms with van der Waals surface area (Å²) < 4.78 is 1.97. The molecule has 0 radical (unpaired) electrons. The number of piperidine rings is 1. The highest BCUT2D eigenvalue weighted by Gasteiger charge is 2.13. The van der Waals surface area contributed by atoms with Gasteiger partial charge in [-0.1, -0.05) is 0 Å². The summed E-state index contributed by atoms with van der Waals surface area (Å²) >= 11 is 0. The molecule has 1 atom stereocenters. The first-order chi connectivity index (χ1) is 7.79. The molecular formula is C11H18N4O. The average Bonchev–Trinajstić information content (AvgIpc) is 2.33. The third kappa shape index (κ3) is 2.68. The number of nitrogens with one attached hydrogen (secondary N) is 1. The van der Waals surface area contributed by atoms with Crippen molar-refractivity contribution in [2.75, 3.05) is 13.1 Å². The van der Waals surface area contributed by atoms with Crippen LogP contribution in [0.5, 0.6) is 0 Å². The van der Waals surface area contributed by atoms with Gasteiger partial charge in [-0.25, -0.2) is 0 Å². The normalized spacial score (nSPS) is 20.9. The van der Waals surface area contributed by atoms with Crippen molar-refractivity contribution in [2.45, 2.75) is 25.9 Å². The molecule has 5 heteroatoms. The summed E-state index contributed by atoms with van der Waals surface area (Å²) in [6, 6.07) is 0. The van der Waals surface area contributed by atoms with Crippen LogP contribution in [-0.2, 0) is 13.1 Å². The Kier molecular flexibility index (Phi) is 3.69. The second kappa shape index (κ2) is 5.23.